The fourth-order valence-electron chi connectivity index (χ4n) is 4.55. The number of halogens is 2. The largest absolute Gasteiger partial charge is 0.288 e. The Kier molecular flexibility index (Phi) is 4.35. The van der Waals surface area contributed by atoms with Crippen LogP contribution in [0.5, 0.6) is 0 Å². The molecule has 0 saturated heterocycles. The molecule has 0 heterocycles. The SMILES string of the molecule is CC12CCC(C(=O)NNC(=O)c3ccc(Cl)c([N+](=O)[O-])c3)(C1Br)C2(C)C. The van der Waals surface area contributed by atoms with Crippen molar-refractivity contribution in [3.8, 4) is 0 Å². The normalized spacial score (nSPS) is 31.0. The molecular formula is C17H19BrClN3O4. The Balaban J connectivity index is 1.72. The van der Waals surface area contributed by atoms with Crippen LogP contribution in [0.2, 0.25) is 5.02 Å². The van der Waals surface area contributed by atoms with Gasteiger partial charge >= 0.3 is 0 Å². The predicted molar refractivity (Wildman–Crippen MR) is 100.0 cm³/mol. The topological polar surface area (TPSA) is 101 Å². The average molecular weight is 445 g/mol. The van der Waals surface area contributed by atoms with Crippen molar-refractivity contribution in [2.75, 3.05) is 0 Å². The Bertz CT molecular complexity index is 830. The number of amides is 2. The van der Waals surface area contributed by atoms with Gasteiger partial charge in [-0.2, -0.15) is 0 Å². The Labute approximate surface area is 164 Å². The molecule has 26 heavy (non-hydrogen) atoms. The third-order valence-corrected chi connectivity index (χ3v) is 8.79. The maximum absolute atomic E-state index is 12.9. The van der Waals surface area contributed by atoms with E-state index in [1.807, 2.05) is 0 Å². The molecule has 4 rings (SSSR count). The minimum atomic E-state index is -0.664. The first-order valence-corrected chi connectivity index (χ1v) is 9.47. The molecule has 0 aromatic heterocycles. The van der Waals surface area contributed by atoms with E-state index < -0.39 is 16.2 Å². The highest BCUT2D eigenvalue weighted by molar-refractivity contribution is 9.09. The number of fused-ring (bicyclic) bond motifs is 1. The minimum absolute atomic E-state index is 0.0329. The maximum Gasteiger partial charge on any atom is 0.288 e. The molecular weight excluding hydrogens is 426 g/mol. The van der Waals surface area contributed by atoms with E-state index in [9.17, 15) is 19.7 Å². The molecule has 3 aliphatic carbocycles. The highest BCUT2D eigenvalue weighted by Crippen LogP contribution is 2.79. The number of hydrogen-bond donors (Lipinski definition) is 2. The molecule has 0 radical (unpaired) electrons. The smallest absolute Gasteiger partial charge is 0.273 e. The number of rotatable bonds is 3. The summed E-state index contributed by atoms with van der Waals surface area (Å²) in [6, 6.07) is 3.72. The van der Waals surface area contributed by atoms with E-state index in [-0.39, 0.29) is 37.8 Å². The quantitative estimate of drug-likeness (QED) is 0.422. The van der Waals surface area contributed by atoms with Gasteiger partial charge in [0.25, 0.3) is 11.6 Å². The Morgan fingerprint density at radius 3 is 2.42 bits per heavy atom. The minimum Gasteiger partial charge on any atom is -0.273 e. The molecule has 140 valence electrons. The van der Waals surface area contributed by atoms with E-state index in [4.69, 9.17) is 11.6 Å². The molecule has 3 atom stereocenters. The van der Waals surface area contributed by atoms with E-state index in [0.29, 0.717) is 0 Å². The highest BCUT2D eigenvalue weighted by Gasteiger charge is 2.80. The number of nitrogens with zero attached hydrogens (tertiary/aromatic N) is 1. The molecule has 3 unspecified atom stereocenters. The van der Waals surface area contributed by atoms with Crippen LogP contribution in [0, 0.1) is 26.4 Å². The molecule has 1 aromatic rings. The van der Waals surface area contributed by atoms with Crippen molar-refractivity contribution in [1.29, 1.82) is 0 Å². The molecule has 3 fully saturated rings. The zero-order valence-corrected chi connectivity index (χ0v) is 16.9. The first-order chi connectivity index (χ1) is 12.0. The van der Waals surface area contributed by atoms with Gasteiger partial charge in [0.15, 0.2) is 0 Å². The van der Waals surface area contributed by atoms with Crippen LogP contribution >= 0.6 is 27.5 Å². The molecule has 1 aromatic carbocycles. The lowest BCUT2D eigenvalue weighted by Gasteiger charge is -2.64. The number of alkyl halides is 1. The van der Waals surface area contributed by atoms with Gasteiger partial charge in [-0.05, 0) is 35.8 Å². The van der Waals surface area contributed by atoms with Crippen LogP contribution in [0.25, 0.3) is 0 Å². The van der Waals surface area contributed by atoms with Crippen LogP contribution in [-0.4, -0.2) is 21.6 Å². The molecule has 9 heteroatoms. The first-order valence-electron chi connectivity index (χ1n) is 8.18. The number of hydrogen-bond acceptors (Lipinski definition) is 4. The summed E-state index contributed by atoms with van der Waals surface area (Å²) in [6.45, 7) is 6.31. The van der Waals surface area contributed by atoms with Gasteiger partial charge in [0.1, 0.15) is 5.02 Å². The van der Waals surface area contributed by atoms with Crippen LogP contribution in [-0.2, 0) is 4.79 Å². The molecule has 2 bridgehead atoms. The van der Waals surface area contributed by atoms with Crippen molar-refractivity contribution in [3.05, 3.63) is 38.9 Å². The van der Waals surface area contributed by atoms with Gasteiger partial charge in [0.05, 0.1) is 10.3 Å². The van der Waals surface area contributed by atoms with Crippen molar-refractivity contribution >= 4 is 45.0 Å². The summed E-state index contributed by atoms with van der Waals surface area (Å²) >= 11 is 9.41. The van der Waals surface area contributed by atoms with Crippen LogP contribution in [0.4, 0.5) is 5.69 Å². The first kappa shape index (κ1) is 19.1. The van der Waals surface area contributed by atoms with Crippen molar-refractivity contribution in [2.45, 2.75) is 38.4 Å². The Morgan fingerprint density at radius 1 is 1.27 bits per heavy atom. The van der Waals surface area contributed by atoms with Crippen molar-refractivity contribution < 1.29 is 14.5 Å². The summed E-state index contributed by atoms with van der Waals surface area (Å²) in [5.41, 5.74) is 3.76. The summed E-state index contributed by atoms with van der Waals surface area (Å²) < 4.78 is 0. The molecule has 2 N–H and O–H groups in total. The molecule has 3 saturated carbocycles. The maximum atomic E-state index is 12.9. The number of nitro benzene ring substituents is 1. The van der Waals surface area contributed by atoms with Gasteiger partial charge in [0, 0.05) is 16.5 Å². The number of carbonyl (C=O) groups is 2. The van der Waals surface area contributed by atoms with E-state index in [2.05, 4.69) is 47.6 Å². The Hall–Kier alpha value is -1.67. The lowest BCUT2D eigenvalue weighted by molar-refractivity contribution is -0.384. The zero-order valence-electron chi connectivity index (χ0n) is 14.6. The van der Waals surface area contributed by atoms with Gasteiger partial charge in [-0.15, -0.1) is 0 Å². The number of nitro groups is 1. The van der Waals surface area contributed by atoms with Crippen molar-refractivity contribution in [2.24, 2.45) is 16.2 Å². The average Bonchev–Trinajstić information content (AvgIpc) is 2.99. The molecule has 2 amide bonds. The van der Waals surface area contributed by atoms with Crippen LogP contribution in [0.1, 0.15) is 44.0 Å². The van der Waals surface area contributed by atoms with Crippen molar-refractivity contribution in [1.82, 2.24) is 10.9 Å². The van der Waals surface area contributed by atoms with Crippen LogP contribution in [0.15, 0.2) is 18.2 Å². The molecule has 0 aliphatic heterocycles. The van der Waals surface area contributed by atoms with Crippen molar-refractivity contribution in [3.63, 3.8) is 0 Å². The van der Waals surface area contributed by atoms with E-state index in [1.165, 1.54) is 12.1 Å². The number of nitrogens with one attached hydrogen (secondary N) is 2. The zero-order chi connectivity index (χ0) is 19.5. The van der Waals surface area contributed by atoms with Gasteiger partial charge in [-0.3, -0.25) is 30.6 Å². The Morgan fingerprint density at radius 2 is 1.92 bits per heavy atom. The summed E-state index contributed by atoms with van der Waals surface area (Å²) in [5.74, 6) is -0.894. The monoisotopic (exact) mass is 443 g/mol. The summed E-state index contributed by atoms with van der Waals surface area (Å²) in [4.78, 5) is 35.4. The molecule has 7 nitrogen and oxygen atoms in total. The van der Waals surface area contributed by atoms with Crippen LogP contribution < -0.4 is 10.9 Å². The second-order valence-electron chi connectivity index (χ2n) is 7.71. The fourth-order valence-corrected chi connectivity index (χ4v) is 6.54. The summed E-state index contributed by atoms with van der Waals surface area (Å²) in [6.07, 6.45) is 1.67. The second kappa shape index (κ2) is 5.92. The molecule has 0 spiro atoms. The second-order valence-corrected chi connectivity index (χ2v) is 9.03. The predicted octanol–water partition coefficient (Wildman–Crippen LogP) is 3.60. The van der Waals surface area contributed by atoms with Gasteiger partial charge in [-0.25, -0.2) is 0 Å². The lowest BCUT2D eigenvalue weighted by atomic mass is 9.43. The van der Waals surface area contributed by atoms with E-state index >= 15 is 0 Å². The van der Waals surface area contributed by atoms with E-state index in [1.54, 1.807) is 0 Å². The van der Waals surface area contributed by atoms with Crippen LogP contribution in [0.3, 0.4) is 0 Å². The van der Waals surface area contributed by atoms with Gasteiger partial charge in [-0.1, -0.05) is 48.3 Å². The number of hydrazine groups is 1. The van der Waals surface area contributed by atoms with Gasteiger partial charge < -0.3 is 0 Å². The third-order valence-electron chi connectivity index (χ3n) is 6.67. The number of benzene rings is 1. The molecule has 3 aliphatic rings. The third kappa shape index (κ3) is 2.24. The fraction of sp³-hybridized carbons (Fsp3) is 0.529. The number of carbonyl (C=O) groups excluding carboxylic acids is 2. The lowest BCUT2D eigenvalue weighted by Crippen LogP contribution is -2.70. The van der Waals surface area contributed by atoms with E-state index in [0.717, 1.165) is 18.9 Å². The highest BCUT2D eigenvalue weighted by atomic mass is 79.9. The summed E-state index contributed by atoms with van der Waals surface area (Å²) in [7, 11) is 0. The van der Waals surface area contributed by atoms with Gasteiger partial charge in [0.2, 0.25) is 5.91 Å². The summed E-state index contributed by atoms with van der Waals surface area (Å²) in [5, 5.41) is 10.9. The standard InChI is InChI=1S/C17H19BrClN3O4/c1-15(2)16(3)6-7-17(15,13(16)18)14(24)21-20-12(23)9-4-5-10(19)11(8-9)22(25)26/h4-5,8,13H,6-7H2,1-3H3,(H,20,23)(H,21,24).